The molecule has 7 heteroatoms. The van der Waals surface area contributed by atoms with Gasteiger partial charge in [-0.25, -0.2) is 0 Å². The normalized spacial score (nSPS) is 18.4. The number of nitrogens with zero attached hydrogens (tertiary/aromatic N) is 3. The number of aromatic nitrogens is 2. The van der Waals surface area contributed by atoms with Gasteiger partial charge in [0.2, 0.25) is 5.91 Å². The van der Waals surface area contributed by atoms with Crippen LogP contribution in [0.3, 0.4) is 0 Å². The van der Waals surface area contributed by atoms with Gasteiger partial charge in [-0.1, -0.05) is 23.2 Å². The summed E-state index contributed by atoms with van der Waals surface area (Å²) in [5.41, 5.74) is 1.57. The molecule has 2 heterocycles. The number of hydrogen-bond acceptors (Lipinski definition) is 3. The molecule has 1 aliphatic heterocycles. The van der Waals surface area contributed by atoms with Gasteiger partial charge in [-0.15, -0.1) is 0 Å². The van der Waals surface area contributed by atoms with Gasteiger partial charge in [0.15, 0.2) is 0 Å². The van der Waals surface area contributed by atoms with Crippen LogP contribution in [0.15, 0.2) is 12.1 Å². The molecule has 1 N–H and O–H groups in total. The van der Waals surface area contributed by atoms with Crippen LogP contribution in [0.5, 0.6) is 0 Å². The van der Waals surface area contributed by atoms with E-state index in [9.17, 15) is 4.79 Å². The predicted octanol–water partition coefficient (Wildman–Crippen LogP) is 2.24. The summed E-state index contributed by atoms with van der Waals surface area (Å²) in [5, 5.41) is 15.3. The average molecular weight is 314 g/mol. The van der Waals surface area contributed by atoms with E-state index in [1.807, 2.05) is 17.7 Å². The maximum atomic E-state index is 11.8. The lowest BCUT2D eigenvalue weighted by atomic mass is 10.1. The fourth-order valence-corrected chi connectivity index (χ4v) is 3.10. The maximum absolute atomic E-state index is 11.8. The molecule has 0 fully saturated rings. The number of aliphatic hydroxyl groups is 1. The third kappa shape index (κ3) is 1.89. The topological polar surface area (TPSA) is 58.4 Å². The number of carbonyl (C=O) groups excluding carboxylic acids is 1. The molecule has 106 valence electrons. The molecule has 0 saturated heterocycles. The zero-order chi connectivity index (χ0) is 14.4. The van der Waals surface area contributed by atoms with Crippen molar-refractivity contribution in [2.45, 2.75) is 19.5 Å². The lowest BCUT2D eigenvalue weighted by Crippen LogP contribution is -2.42. The fourth-order valence-electron chi connectivity index (χ4n) is 2.74. The van der Waals surface area contributed by atoms with E-state index in [1.165, 1.54) is 0 Å². The van der Waals surface area contributed by atoms with E-state index >= 15 is 0 Å². The Morgan fingerprint density at radius 3 is 2.90 bits per heavy atom. The highest BCUT2D eigenvalue weighted by atomic mass is 35.5. The molecule has 0 radical (unpaired) electrons. The zero-order valence-electron chi connectivity index (χ0n) is 10.8. The second-order valence-corrected chi connectivity index (χ2v) is 5.57. The fraction of sp³-hybridized carbons (Fsp3) is 0.385. The molecule has 0 saturated carbocycles. The van der Waals surface area contributed by atoms with Crippen molar-refractivity contribution in [2.75, 3.05) is 13.2 Å². The van der Waals surface area contributed by atoms with E-state index in [2.05, 4.69) is 5.10 Å². The van der Waals surface area contributed by atoms with Gasteiger partial charge >= 0.3 is 0 Å². The van der Waals surface area contributed by atoms with E-state index in [-0.39, 0.29) is 11.9 Å². The van der Waals surface area contributed by atoms with Crippen LogP contribution in [-0.4, -0.2) is 38.8 Å². The Morgan fingerprint density at radius 1 is 1.45 bits per heavy atom. The Balaban J connectivity index is 2.17. The molecule has 1 aromatic carbocycles. The number of hydrogen-bond donors (Lipinski definition) is 1. The van der Waals surface area contributed by atoms with Crippen molar-refractivity contribution in [3.8, 4) is 0 Å². The van der Waals surface area contributed by atoms with Crippen LogP contribution >= 0.6 is 23.2 Å². The molecular formula is C13H13Cl2N3O2. The smallest absolute Gasteiger partial charge is 0.248 e. The SMILES string of the molecule is C[C@@H]1c2c3ccc(Cl)c(Cl)c3nn2CCN1C(=O)CO. The molecule has 5 nitrogen and oxygen atoms in total. The molecule has 0 aliphatic carbocycles. The molecule has 2 aromatic rings. The van der Waals surface area contributed by atoms with Gasteiger partial charge in [0.1, 0.15) is 12.1 Å². The Labute approximate surface area is 125 Å². The summed E-state index contributed by atoms with van der Waals surface area (Å²) in [6.45, 7) is 2.53. The molecule has 0 bridgehead atoms. The van der Waals surface area contributed by atoms with Gasteiger partial charge in [-0.05, 0) is 19.1 Å². The minimum absolute atomic E-state index is 0.161. The highest BCUT2D eigenvalue weighted by Crippen LogP contribution is 2.36. The van der Waals surface area contributed by atoms with Gasteiger partial charge < -0.3 is 10.0 Å². The highest BCUT2D eigenvalue weighted by molar-refractivity contribution is 6.45. The summed E-state index contributed by atoms with van der Waals surface area (Å²) in [6, 6.07) is 3.44. The number of halogens is 2. The number of carbonyl (C=O) groups is 1. The minimum Gasteiger partial charge on any atom is -0.387 e. The number of aliphatic hydroxyl groups excluding tert-OH is 1. The predicted molar refractivity (Wildman–Crippen MR) is 77.0 cm³/mol. The standard InChI is InChI=1S/C13H13Cl2N3O2/c1-7-13-8-2-3-9(14)11(15)12(8)16-18(13)5-4-17(7)10(20)6-19/h2-3,7,19H,4-6H2,1H3/t7-/m1/s1. The number of rotatable bonds is 1. The van der Waals surface area contributed by atoms with Crippen molar-refractivity contribution in [1.82, 2.24) is 14.7 Å². The monoisotopic (exact) mass is 313 g/mol. The Bertz CT molecular complexity index is 698. The largest absolute Gasteiger partial charge is 0.387 e. The first-order valence-corrected chi connectivity index (χ1v) is 7.05. The minimum atomic E-state index is -0.483. The molecule has 0 unspecified atom stereocenters. The van der Waals surface area contributed by atoms with Crippen LogP contribution in [0.4, 0.5) is 0 Å². The van der Waals surface area contributed by atoms with Crippen LogP contribution in [0.25, 0.3) is 10.9 Å². The van der Waals surface area contributed by atoms with Crippen molar-refractivity contribution in [1.29, 1.82) is 0 Å². The van der Waals surface area contributed by atoms with Crippen molar-refractivity contribution in [3.05, 3.63) is 27.9 Å². The summed E-state index contributed by atoms with van der Waals surface area (Å²) in [4.78, 5) is 13.4. The quantitative estimate of drug-likeness (QED) is 0.878. The molecular weight excluding hydrogens is 301 g/mol. The zero-order valence-corrected chi connectivity index (χ0v) is 12.3. The summed E-state index contributed by atoms with van der Waals surface area (Å²) in [6.07, 6.45) is 0. The van der Waals surface area contributed by atoms with Crippen molar-refractivity contribution < 1.29 is 9.90 Å². The summed E-state index contributed by atoms with van der Waals surface area (Å²) in [5.74, 6) is -0.279. The van der Waals surface area contributed by atoms with Gasteiger partial charge in [0.25, 0.3) is 0 Å². The third-order valence-electron chi connectivity index (χ3n) is 3.72. The second kappa shape index (κ2) is 4.91. The van der Waals surface area contributed by atoms with E-state index < -0.39 is 6.61 Å². The van der Waals surface area contributed by atoms with Crippen LogP contribution in [0.2, 0.25) is 10.0 Å². The first-order chi connectivity index (χ1) is 9.54. The van der Waals surface area contributed by atoms with Crippen LogP contribution < -0.4 is 0 Å². The van der Waals surface area contributed by atoms with Crippen LogP contribution in [0, 0.1) is 0 Å². The average Bonchev–Trinajstić information content (AvgIpc) is 2.83. The maximum Gasteiger partial charge on any atom is 0.248 e. The molecule has 1 atom stereocenters. The number of fused-ring (bicyclic) bond motifs is 3. The van der Waals surface area contributed by atoms with Gasteiger partial charge in [0, 0.05) is 11.9 Å². The van der Waals surface area contributed by atoms with Crippen molar-refractivity contribution >= 4 is 40.0 Å². The second-order valence-electron chi connectivity index (χ2n) is 4.79. The van der Waals surface area contributed by atoms with E-state index in [0.29, 0.717) is 28.7 Å². The Hall–Kier alpha value is -1.30. The van der Waals surface area contributed by atoms with Gasteiger partial charge in [0.05, 0.1) is 28.3 Å². The van der Waals surface area contributed by atoms with E-state index in [1.54, 1.807) is 11.0 Å². The number of amides is 1. The summed E-state index contributed by atoms with van der Waals surface area (Å²) < 4.78 is 1.86. The molecule has 20 heavy (non-hydrogen) atoms. The van der Waals surface area contributed by atoms with Gasteiger partial charge in [-0.2, -0.15) is 5.10 Å². The molecule has 1 aromatic heterocycles. The van der Waals surface area contributed by atoms with E-state index in [4.69, 9.17) is 28.3 Å². The van der Waals surface area contributed by atoms with Crippen molar-refractivity contribution in [3.63, 3.8) is 0 Å². The van der Waals surface area contributed by atoms with E-state index in [0.717, 1.165) is 11.1 Å². The lowest BCUT2D eigenvalue weighted by molar-refractivity contribution is -0.137. The molecule has 1 amide bonds. The summed E-state index contributed by atoms with van der Waals surface area (Å²) in [7, 11) is 0. The molecule has 3 rings (SSSR count). The Morgan fingerprint density at radius 2 is 2.20 bits per heavy atom. The van der Waals surface area contributed by atoms with Crippen LogP contribution in [-0.2, 0) is 11.3 Å². The van der Waals surface area contributed by atoms with Crippen molar-refractivity contribution in [2.24, 2.45) is 0 Å². The Kier molecular flexibility index (Phi) is 3.36. The third-order valence-corrected chi connectivity index (χ3v) is 4.51. The molecule has 1 aliphatic rings. The first-order valence-electron chi connectivity index (χ1n) is 6.29. The molecule has 0 spiro atoms. The summed E-state index contributed by atoms with van der Waals surface area (Å²) >= 11 is 12.2. The van der Waals surface area contributed by atoms with Crippen LogP contribution in [0.1, 0.15) is 18.7 Å². The lowest BCUT2D eigenvalue weighted by Gasteiger charge is -2.33. The van der Waals surface area contributed by atoms with Gasteiger partial charge in [-0.3, -0.25) is 9.48 Å². The highest BCUT2D eigenvalue weighted by Gasteiger charge is 2.30. The first kappa shape index (κ1) is 13.7. The number of benzene rings is 1.